The standard InChI is InChI=1S/C22H25N3O4S/c1-13(2)28-18-11-15(29-24-18)7-8-19(26)25-10-9-14(12-25)20-16-5-3-4-6-17(16)30-21(20)22(23)27/h3-6,11,13-14H,7-10,12H2,1-2H3,(H2,23,27). The van der Waals surface area contributed by atoms with E-state index in [1.165, 1.54) is 11.3 Å². The first kappa shape index (κ1) is 20.4. The van der Waals surface area contributed by atoms with Crippen molar-refractivity contribution in [1.82, 2.24) is 10.1 Å². The number of likely N-dealkylation sites (tertiary alicyclic amines) is 1. The number of benzene rings is 1. The van der Waals surface area contributed by atoms with E-state index in [0.717, 1.165) is 22.1 Å². The average Bonchev–Trinajstić information content (AvgIpc) is 3.43. The number of nitrogens with two attached hydrogens (primary N) is 1. The second kappa shape index (κ2) is 8.47. The highest BCUT2D eigenvalue weighted by Crippen LogP contribution is 2.40. The minimum absolute atomic E-state index is 0.0181. The number of carbonyl (C=O) groups excluding carboxylic acids is 2. The Morgan fingerprint density at radius 2 is 2.17 bits per heavy atom. The number of thiophene rings is 1. The first-order chi connectivity index (χ1) is 14.4. The zero-order chi connectivity index (χ0) is 21.3. The third-order valence-electron chi connectivity index (χ3n) is 5.29. The van der Waals surface area contributed by atoms with Crippen LogP contribution in [0, 0.1) is 0 Å². The molecule has 2 amide bonds. The molecule has 1 atom stereocenters. The summed E-state index contributed by atoms with van der Waals surface area (Å²) in [6.07, 6.45) is 1.66. The molecule has 1 unspecified atom stereocenters. The molecule has 2 aromatic heterocycles. The van der Waals surface area contributed by atoms with Crippen molar-refractivity contribution in [2.24, 2.45) is 5.73 Å². The lowest BCUT2D eigenvalue weighted by atomic mass is 9.95. The van der Waals surface area contributed by atoms with Crippen LogP contribution in [0.25, 0.3) is 10.1 Å². The Balaban J connectivity index is 1.42. The number of ether oxygens (including phenoxy) is 1. The topological polar surface area (TPSA) is 98.7 Å². The van der Waals surface area contributed by atoms with E-state index in [-0.39, 0.29) is 17.9 Å². The quantitative estimate of drug-likeness (QED) is 0.619. The SMILES string of the molecule is CC(C)Oc1cc(CCC(=O)N2CCC(c3c(C(N)=O)sc4ccccc34)C2)on1. The Morgan fingerprint density at radius 3 is 2.93 bits per heavy atom. The summed E-state index contributed by atoms with van der Waals surface area (Å²) in [6.45, 7) is 5.10. The zero-order valence-corrected chi connectivity index (χ0v) is 17.9. The van der Waals surface area contributed by atoms with E-state index < -0.39 is 5.91 Å². The molecule has 7 nitrogen and oxygen atoms in total. The van der Waals surface area contributed by atoms with E-state index in [0.29, 0.717) is 42.4 Å². The average molecular weight is 428 g/mol. The van der Waals surface area contributed by atoms with Gasteiger partial charge in [0.05, 0.1) is 11.0 Å². The second-order valence-electron chi connectivity index (χ2n) is 7.83. The summed E-state index contributed by atoms with van der Waals surface area (Å²) in [7, 11) is 0. The Hall–Kier alpha value is -2.87. The highest BCUT2D eigenvalue weighted by Gasteiger charge is 2.32. The van der Waals surface area contributed by atoms with Crippen LogP contribution < -0.4 is 10.5 Å². The minimum Gasteiger partial charge on any atom is -0.473 e. The molecule has 4 rings (SSSR count). The van der Waals surface area contributed by atoms with E-state index in [4.69, 9.17) is 15.0 Å². The molecule has 0 radical (unpaired) electrons. The van der Waals surface area contributed by atoms with Gasteiger partial charge in [0.25, 0.3) is 11.8 Å². The molecule has 0 bridgehead atoms. The maximum Gasteiger partial charge on any atom is 0.259 e. The van der Waals surface area contributed by atoms with E-state index in [9.17, 15) is 9.59 Å². The Kier molecular flexibility index (Phi) is 5.76. The molecule has 3 heterocycles. The van der Waals surface area contributed by atoms with Crippen molar-refractivity contribution < 1.29 is 18.8 Å². The van der Waals surface area contributed by atoms with E-state index in [2.05, 4.69) is 5.16 Å². The lowest BCUT2D eigenvalue weighted by Crippen LogP contribution is -2.28. The molecule has 1 aliphatic heterocycles. The second-order valence-corrected chi connectivity index (χ2v) is 8.88. The van der Waals surface area contributed by atoms with Gasteiger partial charge in [0.1, 0.15) is 5.76 Å². The number of aryl methyl sites for hydroxylation is 1. The van der Waals surface area contributed by atoms with Crippen LogP contribution in [0.15, 0.2) is 34.9 Å². The molecule has 158 valence electrons. The Morgan fingerprint density at radius 1 is 1.37 bits per heavy atom. The first-order valence-electron chi connectivity index (χ1n) is 10.1. The third kappa shape index (κ3) is 4.18. The van der Waals surface area contributed by atoms with Crippen molar-refractivity contribution in [1.29, 1.82) is 0 Å². The Labute approximate surface area is 178 Å². The van der Waals surface area contributed by atoms with Crippen LogP contribution in [0.1, 0.15) is 53.6 Å². The predicted octanol–water partition coefficient (Wildman–Crippen LogP) is 3.72. The number of hydrogen-bond donors (Lipinski definition) is 1. The van der Waals surface area contributed by atoms with Crippen molar-refractivity contribution in [2.75, 3.05) is 13.1 Å². The summed E-state index contributed by atoms with van der Waals surface area (Å²) in [5.74, 6) is 0.858. The fourth-order valence-electron chi connectivity index (χ4n) is 3.97. The zero-order valence-electron chi connectivity index (χ0n) is 17.1. The predicted molar refractivity (Wildman–Crippen MR) is 115 cm³/mol. The molecular weight excluding hydrogens is 402 g/mol. The molecule has 8 heteroatoms. The van der Waals surface area contributed by atoms with Crippen molar-refractivity contribution in [3.8, 4) is 5.88 Å². The molecule has 1 aliphatic rings. The van der Waals surface area contributed by atoms with E-state index >= 15 is 0 Å². The van der Waals surface area contributed by atoms with Crippen molar-refractivity contribution in [3.63, 3.8) is 0 Å². The maximum absolute atomic E-state index is 12.7. The van der Waals surface area contributed by atoms with Gasteiger partial charge in [0, 0.05) is 42.6 Å². The lowest BCUT2D eigenvalue weighted by Gasteiger charge is -2.16. The summed E-state index contributed by atoms with van der Waals surface area (Å²) in [6, 6.07) is 9.69. The number of rotatable bonds is 7. The van der Waals surface area contributed by atoms with Crippen LogP contribution in [0.5, 0.6) is 5.88 Å². The van der Waals surface area contributed by atoms with Gasteiger partial charge in [-0.05, 0) is 42.4 Å². The molecule has 1 aromatic carbocycles. The number of hydrogen-bond acceptors (Lipinski definition) is 6. The molecule has 3 aromatic rings. The van der Waals surface area contributed by atoms with E-state index in [1.54, 1.807) is 6.07 Å². The molecule has 2 N–H and O–H groups in total. The van der Waals surface area contributed by atoms with Crippen LogP contribution in [-0.4, -0.2) is 41.1 Å². The summed E-state index contributed by atoms with van der Waals surface area (Å²) >= 11 is 1.43. The molecule has 0 saturated carbocycles. The number of carbonyl (C=O) groups is 2. The molecular formula is C22H25N3O4S. The van der Waals surface area contributed by atoms with Crippen LogP contribution >= 0.6 is 11.3 Å². The summed E-state index contributed by atoms with van der Waals surface area (Å²) in [4.78, 5) is 27.2. The van der Waals surface area contributed by atoms with Crippen molar-refractivity contribution in [3.05, 3.63) is 46.5 Å². The Bertz CT molecular complexity index is 1070. The molecule has 30 heavy (non-hydrogen) atoms. The van der Waals surface area contributed by atoms with Crippen molar-refractivity contribution in [2.45, 2.75) is 45.1 Å². The first-order valence-corrected chi connectivity index (χ1v) is 10.9. The fraction of sp³-hybridized carbons (Fsp3) is 0.409. The normalized spacial score (nSPS) is 16.5. The number of aromatic nitrogens is 1. The van der Waals surface area contributed by atoms with E-state index in [1.807, 2.05) is 43.0 Å². The minimum atomic E-state index is -0.402. The molecule has 0 spiro atoms. The molecule has 1 fully saturated rings. The number of nitrogens with zero attached hydrogens (tertiary/aromatic N) is 2. The van der Waals surface area contributed by atoms with Crippen LogP contribution in [0.3, 0.4) is 0 Å². The largest absolute Gasteiger partial charge is 0.473 e. The van der Waals surface area contributed by atoms with Crippen LogP contribution in [0.4, 0.5) is 0 Å². The van der Waals surface area contributed by atoms with Gasteiger partial charge in [-0.15, -0.1) is 11.3 Å². The van der Waals surface area contributed by atoms with Crippen LogP contribution in [0.2, 0.25) is 0 Å². The lowest BCUT2D eigenvalue weighted by molar-refractivity contribution is -0.130. The van der Waals surface area contributed by atoms with Gasteiger partial charge < -0.3 is 19.9 Å². The third-order valence-corrected chi connectivity index (χ3v) is 6.49. The summed E-state index contributed by atoms with van der Waals surface area (Å²) in [5.41, 5.74) is 6.64. The molecule has 0 aliphatic carbocycles. The maximum atomic E-state index is 12.7. The number of primary amides is 1. The fourth-order valence-corrected chi connectivity index (χ4v) is 5.11. The van der Waals surface area contributed by atoms with Gasteiger partial charge in [-0.1, -0.05) is 18.2 Å². The van der Waals surface area contributed by atoms with Gasteiger partial charge in [-0.3, -0.25) is 9.59 Å². The number of amides is 2. The number of fused-ring (bicyclic) bond motifs is 1. The smallest absolute Gasteiger partial charge is 0.259 e. The van der Waals surface area contributed by atoms with Crippen LogP contribution in [-0.2, 0) is 11.2 Å². The van der Waals surface area contributed by atoms with Gasteiger partial charge in [0.2, 0.25) is 5.91 Å². The van der Waals surface area contributed by atoms with Gasteiger partial charge in [0.15, 0.2) is 0 Å². The van der Waals surface area contributed by atoms with Gasteiger partial charge in [-0.25, -0.2) is 0 Å². The van der Waals surface area contributed by atoms with Gasteiger partial charge >= 0.3 is 0 Å². The highest BCUT2D eigenvalue weighted by atomic mass is 32.1. The monoisotopic (exact) mass is 427 g/mol. The summed E-state index contributed by atoms with van der Waals surface area (Å²) < 4.78 is 11.8. The highest BCUT2D eigenvalue weighted by molar-refractivity contribution is 7.21. The summed E-state index contributed by atoms with van der Waals surface area (Å²) in [5, 5.41) is 4.93. The van der Waals surface area contributed by atoms with Gasteiger partial charge in [-0.2, -0.15) is 0 Å². The van der Waals surface area contributed by atoms with Crippen molar-refractivity contribution >= 4 is 33.2 Å². The molecule has 1 saturated heterocycles.